The molecule has 18 heavy (non-hydrogen) atoms. The van der Waals surface area contributed by atoms with Crippen LogP contribution in [0.15, 0.2) is 0 Å². The van der Waals surface area contributed by atoms with Gasteiger partial charge in [0.1, 0.15) is 0 Å². The molecule has 0 aromatic carbocycles. The van der Waals surface area contributed by atoms with E-state index in [1.807, 2.05) is 6.92 Å². The van der Waals surface area contributed by atoms with Crippen molar-refractivity contribution >= 4 is 40.6 Å². The average Bonchev–Trinajstić information content (AvgIpc) is 2.35. The molecule has 0 saturated carbocycles. The van der Waals surface area contributed by atoms with Crippen molar-refractivity contribution in [3.63, 3.8) is 0 Å². The molecule has 106 valence electrons. The Labute approximate surface area is 119 Å². The molecule has 0 aromatic heterocycles. The predicted octanol–water partition coefficient (Wildman–Crippen LogP) is 2.90. The Morgan fingerprint density at radius 2 is 1.44 bits per heavy atom. The predicted molar refractivity (Wildman–Crippen MR) is 76.1 cm³/mol. The number of alkyl halides is 1. The number of thiocarbonyl (C=S) groups is 1. The maximum absolute atomic E-state index is 10.5. The molecule has 0 aliphatic carbocycles. The Kier molecular flexibility index (Phi) is 15.7. The monoisotopic (exact) mass is 296 g/mol. The van der Waals surface area contributed by atoms with Crippen LogP contribution in [0.1, 0.15) is 39.0 Å². The van der Waals surface area contributed by atoms with E-state index in [0.717, 1.165) is 17.7 Å². The fraction of sp³-hybridized carbons (Fsp3) is 0.750. The zero-order chi connectivity index (χ0) is 14.4. The van der Waals surface area contributed by atoms with Crippen LogP contribution in [-0.2, 0) is 19.1 Å². The van der Waals surface area contributed by atoms with Crippen molar-refractivity contribution in [2.24, 2.45) is 0 Å². The molecular weight excluding hydrogens is 276 g/mol. The molecule has 0 N–H and O–H groups in total. The van der Waals surface area contributed by atoms with Gasteiger partial charge in [0.25, 0.3) is 0 Å². The molecule has 0 unspecified atom stereocenters. The van der Waals surface area contributed by atoms with Gasteiger partial charge in [0, 0.05) is 18.7 Å². The number of carbonyl (C=O) groups excluding carboxylic acids is 2. The van der Waals surface area contributed by atoms with Crippen molar-refractivity contribution in [2.45, 2.75) is 39.0 Å². The molecule has 0 rings (SSSR count). The van der Waals surface area contributed by atoms with Gasteiger partial charge in [-0.05, 0) is 31.1 Å². The highest BCUT2D eigenvalue weighted by Crippen LogP contribution is 1.98. The fourth-order valence-electron chi connectivity index (χ4n) is 0.897. The molecule has 0 bridgehead atoms. The van der Waals surface area contributed by atoms with Crippen molar-refractivity contribution in [3.8, 4) is 0 Å². The van der Waals surface area contributed by atoms with Crippen LogP contribution in [-0.4, -0.2) is 36.9 Å². The van der Waals surface area contributed by atoms with Gasteiger partial charge in [-0.25, -0.2) is 0 Å². The number of carbonyl (C=O) groups is 2. The summed E-state index contributed by atoms with van der Waals surface area (Å²) in [4.78, 5) is 21.8. The second-order valence-corrected chi connectivity index (χ2v) is 4.58. The van der Waals surface area contributed by atoms with E-state index in [1.165, 1.54) is 14.2 Å². The number of methoxy groups -OCH3 is 2. The lowest BCUT2D eigenvalue weighted by Crippen LogP contribution is -2.00. The van der Waals surface area contributed by atoms with E-state index in [1.54, 1.807) is 0 Å². The molecule has 6 heteroatoms. The first-order chi connectivity index (χ1) is 8.47. The van der Waals surface area contributed by atoms with Crippen molar-refractivity contribution in [2.75, 3.05) is 20.1 Å². The molecule has 0 amide bonds. The highest BCUT2D eigenvalue weighted by Gasteiger charge is 1.98. The van der Waals surface area contributed by atoms with Gasteiger partial charge in [-0.1, -0.05) is 12.2 Å². The zero-order valence-corrected chi connectivity index (χ0v) is 12.7. The van der Waals surface area contributed by atoms with Crippen LogP contribution in [0.5, 0.6) is 0 Å². The fourth-order valence-corrected chi connectivity index (χ4v) is 1.17. The van der Waals surface area contributed by atoms with Gasteiger partial charge in [-0.2, -0.15) is 0 Å². The largest absolute Gasteiger partial charge is 0.469 e. The van der Waals surface area contributed by atoms with E-state index >= 15 is 0 Å². The first kappa shape index (κ1) is 19.7. The number of ether oxygens (including phenoxy) is 2. The lowest BCUT2D eigenvalue weighted by Gasteiger charge is -1.96. The minimum Gasteiger partial charge on any atom is -0.469 e. The van der Waals surface area contributed by atoms with Crippen molar-refractivity contribution in [1.29, 1.82) is 0 Å². The molecule has 0 aliphatic rings. The molecule has 0 spiro atoms. The zero-order valence-electron chi connectivity index (χ0n) is 11.2. The highest BCUT2D eigenvalue weighted by molar-refractivity contribution is 7.80. The van der Waals surface area contributed by atoms with Gasteiger partial charge in [-0.3, -0.25) is 9.59 Å². The summed E-state index contributed by atoms with van der Waals surface area (Å²) < 4.78 is 8.80. The average molecular weight is 297 g/mol. The summed E-state index contributed by atoms with van der Waals surface area (Å²) in [6.45, 7) is 1.88. The Morgan fingerprint density at radius 3 is 1.78 bits per heavy atom. The summed E-state index contributed by atoms with van der Waals surface area (Å²) in [5.41, 5.74) is 0. The number of hydrogen-bond acceptors (Lipinski definition) is 5. The molecule has 0 heterocycles. The normalized spacial score (nSPS) is 8.89. The molecular formula is C12H21ClO4S. The lowest BCUT2D eigenvalue weighted by atomic mass is 10.2. The lowest BCUT2D eigenvalue weighted by molar-refractivity contribution is -0.141. The summed E-state index contributed by atoms with van der Waals surface area (Å²) in [5.74, 6) is 0.177. The first-order valence-corrected chi connectivity index (χ1v) is 6.61. The number of hydrogen-bond donors (Lipinski definition) is 0. The van der Waals surface area contributed by atoms with Crippen molar-refractivity contribution < 1.29 is 19.1 Å². The van der Waals surface area contributed by atoms with Crippen LogP contribution in [0.25, 0.3) is 0 Å². The van der Waals surface area contributed by atoms with Gasteiger partial charge in [-0.15, -0.1) is 11.6 Å². The number of halogens is 1. The van der Waals surface area contributed by atoms with E-state index in [-0.39, 0.29) is 11.9 Å². The second-order valence-electron chi connectivity index (χ2n) is 3.50. The maximum Gasteiger partial charge on any atom is 0.305 e. The number of esters is 2. The highest BCUT2D eigenvalue weighted by atomic mass is 35.5. The third-order valence-corrected chi connectivity index (χ3v) is 2.35. The summed E-state index contributed by atoms with van der Waals surface area (Å²) in [7, 11) is 2.77. The Morgan fingerprint density at radius 1 is 1.00 bits per heavy atom. The molecule has 0 aromatic rings. The molecule has 4 nitrogen and oxygen atoms in total. The van der Waals surface area contributed by atoms with Crippen LogP contribution in [0.4, 0.5) is 0 Å². The smallest absolute Gasteiger partial charge is 0.305 e. The standard InChI is InChI=1S/C7H12O2S.C5H9ClO2/c1-6(10)4-3-5-7(8)9-2;1-8-5(7)3-2-4-6/h3-5H2,1-2H3;2-4H2,1H3. The van der Waals surface area contributed by atoms with Gasteiger partial charge >= 0.3 is 11.9 Å². The van der Waals surface area contributed by atoms with E-state index in [9.17, 15) is 9.59 Å². The molecule has 0 radical (unpaired) electrons. The molecule has 0 atom stereocenters. The Bertz CT molecular complexity index is 256. The number of rotatable bonds is 7. The summed E-state index contributed by atoms with van der Waals surface area (Å²) in [5, 5.41) is 0. The van der Waals surface area contributed by atoms with Gasteiger partial charge in [0.15, 0.2) is 0 Å². The van der Waals surface area contributed by atoms with Crippen molar-refractivity contribution in [3.05, 3.63) is 0 Å². The van der Waals surface area contributed by atoms with Gasteiger partial charge in [0.05, 0.1) is 14.2 Å². The quantitative estimate of drug-likeness (QED) is 0.411. The minimum atomic E-state index is -0.189. The second kappa shape index (κ2) is 14.4. The van der Waals surface area contributed by atoms with E-state index < -0.39 is 0 Å². The topological polar surface area (TPSA) is 52.6 Å². The minimum absolute atomic E-state index is 0.156. The molecule has 0 aliphatic heterocycles. The van der Waals surface area contributed by atoms with Crippen LogP contribution in [0.2, 0.25) is 0 Å². The maximum atomic E-state index is 10.5. The molecule has 0 saturated heterocycles. The Balaban J connectivity index is 0. The van der Waals surface area contributed by atoms with Crippen LogP contribution in [0.3, 0.4) is 0 Å². The Hall–Kier alpha value is -0.680. The summed E-state index contributed by atoms with van der Waals surface area (Å²) >= 11 is 10.1. The summed E-state index contributed by atoms with van der Waals surface area (Å²) in [6, 6.07) is 0. The molecule has 0 fully saturated rings. The van der Waals surface area contributed by atoms with Crippen molar-refractivity contribution in [1.82, 2.24) is 0 Å². The van der Waals surface area contributed by atoms with Crippen LogP contribution < -0.4 is 0 Å². The van der Waals surface area contributed by atoms with Crippen LogP contribution >= 0.6 is 23.8 Å². The third-order valence-electron chi connectivity index (χ3n) is 1.88. The SMILES string of the molecule is COC(=O)CCCC(C)=S.COC(=O)CCCCl. The van der Waals surface area contributed by atoms with E-state index in [4.69, 9.17) is 23.8 Å². The first-order valence-electron chi connectivity index (χ1n) is 5.67. The summed E-state index contributed by atoms with van der Waals surface area (Å²) in [6.07, 6.45) is 3.26. The third kappa shape index (κ3) is 17.7. The van der Waals surface area contributed by atoms with Gasteiger partial charge in [0.2, 0.25) is 0 Å². The van der Waals surface area contributed by atoms with E-state index in [0.29, 0.717) is 25.1 Å². The van der Waals surface area contributed by atoms with E-state index in [2.05, 4.69) is 9.47 Å². The van der Waals surface area contributed by atoms with Gasteiger partial charge < -0.3 is 9.47 Å². The van der Waals surface area contributed by atoms with Crippen LogP contribution in [0, 0.1) is 0 Å².